The Bertz CT molecular complexity index is 1570. The number of carbonyl (C=O) groups is 1. The number of benzene rings is 3. The second-order valence-electron chi connectivity index (χ2n) is 11.0. The summed E-state index contributed by atoms with van der Waals surface area (Å²) in [5, 5.41) is 26.6. The fourth-order valence-corrected chi connectivity index (χ4v) is 5.45. The number of ketones is 1. The van der Waals surface area contributed by atoms with Crippen molar-refractivity contribution in [3.8, 4) is 0 Å². The summed E-state index contributed by atoms with van der Waals surface area (Å²) in [6.07, 6.45) is 4.72. The van der Waals surface area contributed by atoms with Crippen molar-refractivity contribution in [1.82, 2.24) is 0 Å². The number of nitro benzene ring substituents is 1. The monoisotopic (exact) mass is 506 g/mol. The first-order valence-electron chi connectivity index (χ1n) is 12.8. The molecule has 5 rings (SSSR count). The molecule has 1 aliphatic rings. The summed E-state index contributed by atoms with van der Waals surface area (Å²) in [6, 6.07) is 22.6. The molecule has 0 bridgehead atoms. The summed E-state index contributed by atoms with van der Waals surface area (Å²) in [4.78, 5) is 24.2. The van der Waals surface area contributed by atoms with Crippen LogP contribution in [0.4, 0.5) is 5.69 Å². The summed E-state index contributed by atoms with van der Waals surface area (Å²) in [5.41, 5.74) is 3.86. The van der Waals surface area contributed by atoms with Gasteiger partial charge in [0.15, 0.2) is 24.7 Å². The Balaban J connectivity index is 1.70. The molecule has 0 N–H and O–H groups in total. The van der Waals surface area contributed by atoms with E-state index in [1.807, 2.05) is 86.3 Å². The summed E-state index contributed by atoms with van der Waals surface area (Å²) in [5.74, 6) is -0.681. The highest BCUT2D eigenvalue weighted by Crippen LogP contribution is 2.43. The smallest absolute Gasteiger partial charge is 0.269 e. The van der Waals surface area contributed by atoms with E-state index in [0.717, 1.165) is 33.0 Å². The number of hydrogen-bond acceptors (Lipinski definition) is 4. The molecule has 0 radical (unpaired) electrons. The zero-order chi connectivity index (χ0) is 27.0. The Morgan fingerprint density at radius 3 is 2.29 bits per heavy atom. The third-order valence-electron chi connectivity index (χ3n) is 7.28. The number of fused-ring (bicyclic) bond motifs is 1. The van der Waals surface area contributed by atoms with Crippen molar-refractivity contribution in [2.45, 2.75) is 46.1 Å². The van der Waals surface area contributed by atoms with Crippen LogP contribution in [-0.2, 0) is 11.3 Å². The zero-order valence-electron chi connectivity index (χ0n) is 21.8. The lowest BCUT2D eigenvalue weighted by atomic mass is 9.71. The quantitative estimate of drug-likeness (QED) is 0.196. The number of hydrogen-bond donors (Lipinski definition) is 0. The number of carbonyl (C=O) groups excluding carboxylic acids is 1. The van der Waals surface area contributed by atoms with Crippen molar-refractivity contribution < 1.29 is 19.4 Å². The van der Waals surface area contributed by atoms with Gasteiger partial charge in [-0.25, -0.2) is 0 Å². The van der Waals surface area contributed by atoms with E-state index in [4.69, 9.17) is 0 Å². The van der Waals surface area contributed by atoms with Gasteiger partial charge in [0.05, 0.1) is 4.92 Å². The fourth-order valence-electron chi connectivity index (χ4n) is 5.45. The molecule has 0 spiro atoms. The van der Waals surface area contributed by atoms with E-state index in [2.05, 4.69) is 0 Å². The van der Waals surface area contributed by atoms with E-state index < -0.39 is 10.8 Å². The summed E-state index contributed by atoms with van der Waals surface area (Å²) >= 11 is 0. The van der Waals surface area contributed by atoms with Crippen LogP contribution in [0, 0.1) is 22.5 Å². The maximum absolute atomic E-state index is 13.6. The molecule has 0 unspecified atom stereocenters. The lowest BCUT2D eigenvalue weighted by Crippen LogP contribution is -2.36. The van der Waals surface area contributed by atoms with E-state index in [1.54, 1.807) is 12.1 Å². The van der Waals surface area contributed by atoms with Gasteiger partial charge in [-0.3, -0.25) is 14.9 Å². The second kappa shape index (κ2) is 9.86. The van der Waals surface area contributed by atoms with Crippen LogP contribution < -0.4 is 9.67 Å². The van der Waals surface area contributed by atoms with Crippen LogP contribution in [-0.4, -0.2) is 10.7 Å². The maximum atomic E-state index is 13.6. The highest BCUT2D eigenvalue weighted by atomic mass is 16.6. The molecule has 6 nitrogen and oxygen atoms in total. The molecule has 0 saturated heterocycles. The van der Waals surface area contributed by atoms with Gasteiger partial charge in [-0.05, 0) is 53.5 Å². The number of pyridine rings is 1. The molecule has 4 aromatic rings. The van der Waals surface area contributed by atoms with Crippen LogP contribution >= 0.6 is 0 Å². The predicted molar refractivity (Wildman–Crippen MR) is 144 cm³/mol. The maximum Gasteiger partial charge on any atom is 0.269 e. The van der Waals surface area contributed by atoms with Crippen LogP contribution in [0.3, 0.4) is 0 Å². The van der Waals surface area contributed by atoms with Crippen LogP contribution in [0.15, 0.2) is 96.5 Å². The van der Waals surface area contributed by atoms with Crippen molar-refractivity contribution in [1.29, 1.82) is 0 Å². The first-order chi connectivity index (χ1) is 18.1. The van der Waals surface area contributed by atoms with Gasteiger partial charge in [-0.1, -0.05) is 61.9 Å². The molecule has 1 aromatic heterocycles. The molecule has 0 aliphatic heterocycles. The topological polar surface area (TPSA) is 87.2 Å². The van der Waals surface area contributed by atoms with Gasteiger partial charge in [0.25, 0.3) is 5.69 Å². The van der Waals surface area contributed by atoms with E-state index in [-0.39, 0.29) is 22.6 Å². The molecular weight excluding hydrogens is 476 g/mol. The minimum atomic E-state index is -0.499. The average molecular weight is 507 g/mol. The van der Waals surface area contributed by atoms with Crippen LogP contribution in [0.2, 0.25) is 0 Å². The number of rotatable bonds is 6. The van der Waals surface area contributed by atoms with Crippen molar-refractivity contribution in [3.05, 3.63) is 129 Å². The largest absolute Gasteiger partial charge is 0.875 e. The van der Waals surface area contributed by atoms with E-state index >= 15 is 0 Å². The van der Waals surface area contributed by atoms with Gasteiger partial charge in [0, 0.05) is 41.0 Å². The lowest BCUT2D eigenvalue weighted by molar-refractivity contribution is -0.687. The van der Waals surface area contributed by atoms with Gasteiger partial charge >= 0.3 is 0 Å². The molecule has 1 aliphatic carbocycles. The number of nitro groups is 1. The molecule has 0 amide bonds. The molecule has 6 heteroatoms. The van der Waals surface area contributed by atoms with Crippen LogP contribution in [0.25, 0.3) is 10.8 Å². The first kappa shape index (κ1) is 25.3. The van der Waals surface area contributed by atoms with Crippen LogP contribution in [0.5, 0.6) is 0 Å². The number of Topliss-reactive ketones (excluding diaryl/α,β-unsaturated/α-hetero) is 1. The second-order valence-corrected chi connectivity index (χ2v) is 11.0. The molecule has 3 aromatic carbocycles. The van der Waals surface area contributed by atoms with Gasteiger partial charge in [-0.2, -0.15) is 4.57 Å². The van der Waals surface area contributed by atoms with E-state index in [0.29, 0.717) is 25.0 Å². The zero-order valence-corrected chi connectivity index (χ0v) is 21.8. The molecule has 192 valence electrons. The summed E-state index contributed by atoms with van der Waals surface area (Å²) < 4.78 is 2.03. The van der Waals surface area contributed by atoms with Crippen molar-refractivity contribution in [2.24, 2.45) is 5.41 Å². The fraction of sp³-hybridized carbons (Fsp3) is 0.250. The van der Waals surface area contributed by atoms with Crippen molar-refractivity contribution in [3.63, 3.8) is 0 Å². The van der Waals surface area contributed by atoms with E-state index in [1.165, 1.54) is 12.1 Å². The lowest BCUT2D eigenvalue weighted by Gasteiger charge is -2.38. The van der Waals surface area contributed by atoms with Gasteiger partial charge in [0.1, 0.15) is 0 Å². The third kappa shape index (κ3) is 5.07. The predicted octanol–water partition coefficient (Wildman–Crippen LogP) is 5.53. The van der Waals surface area contributed by atoms with Gasteiger partial charge in [-0.15, -0.1) is 5.76 Å². The standard InChI is InChI=1S/C32H30N2O4/c1-21-8-12-23(13-9-21)30(31-28(35)16-32(2,3)17-29(31)36)27-20-33(19-24-6-4-5-7-26(24)27)18-22-10-14-25(15-11-22)34(37)38/h4-15,19-20,30H,16-18H2,1-3H3/t30-/m1/s1. The molecular formula is C32H30N2O4. The number of allylic oxidation sites excluding steroid dienone is 2. The Hall–Kier alpha value is -4.32. The first-order valence-corrected chi connectivity index (χ1v) is 12.8. The molecule has 0 saturated carbocycles. The normalized spacial score (nSPS) is 16.0. The van der Waals surface area contributed by atoms with Crippen molar-refractivity contribution in [2.75, 3.05) is 0 Å². The molecule has 1 heterocycles. The third-order valence-corrected chi connectivity index (χ3v) is 7.28. The summed E-state index contributed by atoms with van der Waals surface area (Å²) in [7, 11) is 0. The van der Waals surface area contributed by atoms with Crippen LogP contribution in [0.1, 0.15) is 54.9 Å². The Morgan fingerprint density at radius 2 is 1.63 bits per heavy atom. The Kier molecular flexibility index (Phi) is 6.57. The number of aryl methyl sites for hydroxylation is 1. The van der Waals surface area contributed by atoms with Gasteiger partial charge < -0.3 is 5.11 Å². The molecule has 38 heavy (non-hydrogen) atoms. The Labute approximate surface area is 222 Å². The number of aromatic nitrogens is 1. The summed E-state index contributed by atoms with van der Waals surface area (Å²) in [6.45, 7) is 6.44. The number of non-ortho nitro benzene ring substituents is 1. The molecule has 1 atom stereocenters. The number of nitrogens with zero attached hydrogens (tertiary/aromatic N) is 2. The van der Waals surface area contributed by atoms with Gasteiger partial charge in [0.2, 0.25) is 0 Å². The minimum absolute atomic E-state index is 0.0473. The molecule has 0 fully saturated rings. The highest BCUT2D eigenvalue weighted by Gasteiger charge is 2.35. The highest BCUT2D eigenvalue weighted by molar-refractivity contribution is 6.00. The SMILES string of the molecule is Cc1ccc([C@@H](C2=C([O-])CC(C)(C)CC2=O)c2c[n+](Cc3ccc([N+](=O)[O-])cc3)cc3ccccc23)cc1. The average Bonchev–Trinajstić information content (AvgIpc) is 2.86. The minimum Gasteiger partial charge on any atom is -0.875 e. The van der Waals surface area contributed by atoms with Crippen molar-refractivity contribution >= 4 is 22.2 Å². The van der Waals surface area contributed by atoms with E-state index in [9.17, 15) is 20.0 Å². The Morgan fingerprint density at radius 1 is 0.947 bits per heavy atom.